The number of halogens is 2. The number of unbranched alkanes of at least 4 members (excludes halogenated alkanes) is 8. The maximum absolute atomic E-state index is 3.39. The molecule has 212 valence electrons. The van der Waals surface area contributed by atoms with Crippen LogP contribution in [0.4, 0.5) is 0 Å². The Labute approximate surface area is 262 Å². The second kappa shape index (κ2) is 26.7. The summed E-state index contributed by atoms with van der Waals surface area (Å²) in [5, 5.41) is 2.15. The molecule has 2 heterocycles. The molecule has 0 bridgehead atoms. The fourth-order valence-electron chi connectivity index (χ4n) is 3.66. The number of pyridine rings is 2. The Hall–Kier alpha value is -2.50. The van der Waals surface area contributed by atoms with Crippen LogP contribution < -0.4 is 9.13 Å². The molecule has 0 atom stereocenters. The molecule has 4 heteroatoms. The third-order valence-corrected chi connectivity index (χ3v) is 7.21. The minimum absolute atomic E-state index is 0.936. The van der Waals surface area contributed by atoms with E-state index in [1.165, 1.54) is 37.1 Å². The summed E-state index contributed by atoms with van der Waals surface area (Å²) in [6.07, 6.45) is 17.4. The Balaban J connectivity index is 0.000000486. The van der Waals surface area contributed by atoms with Crippen LogP contribution in [-0.2, 0) is 13.1 Å². The van der Waals surface area contributed by atoms with Gasteiger partial charge in [-0.1, -0.05) is 67.7 Å². The average molecular weight is 667 g/mol. The minimum Gasteiger partial charge on any atom is -0.203 e. The molecule has 0 spiro atoms. The van der Waals surface area contributed by atoms with Crippen molar-refractivity contribution in [3.8, 4) is 47.4 Å². The van der Waals surface area contributed by atoms with Crippen molar-refractivity contribution in [3.05, 3.63) is 60.2 Å². The largest absolute Gasteiger partial charge is 0.203 e. The summed E-state index contributed by atoms with van der Waals surface area (Å²) in [6.45, 7) is 6.43. The van der Waals surface area contributed by atoms with Crippen LogP contribution in [0.3, 0.4) is 0 Å². The third-order valence-electron chi connectivity index (χ3n) is 6.09. The van der Waals surface area contributed by atoms with Gasteiger partial charge in [0.15, 0.2) is 23.8 Å². The van der Waals surface area contributed by atoms with Gasteiger partial charge in [0.05, 0.1) is 0 Å². The first-order valence-electron chi connectivity index (χ1n) is 14.6. The van der Waals surface area contributed by atoms with Gasteiger partial charge >= 0.3 is 0 Å². The molecule has 2 aromatic rings. The highest BCUT2D eigenvalue weighted by atomic mass is 79.9. The Morgan fingerprint density at radius 1 is 0.500 bits per heavy atom. The summed E-state index contributed by atoms with van der Waals surface area (Å²) in [6, 6.07) is 12.6. The van der Waals surface area contributed by atoms with Crippen molar-refractivity contribution in [2.45, 2.75) is 104 Å². The van der Waals surface area contributed by atoms with Crippen molar-refractivity contribution in [1.82, 2.24) is 0 Å². The lowest BCUT2D eigenvalue weighted by molar-refractivity contribution is -0.703. The van der Waals surface area contributed by atoms with Crippen molar-refractivity contribution in [2.24, 2.45) is 0 Å². The van der Waals surface area contributed by atoms with Crippen molar-refractivity contribution >= 4 is 31.9 Å². The van der Waals surface area contributed by atoms with Crippen LogP contribution in [0.25, 0.3) is 0 Å². The summed E-state index contributed by atoms with van der Waals surface area (Å²) in [5.41, 5.74) is 2.62. The summed E-state index contributed by atoms with van der Waals surface area (Å²) in [5.74, 6) is 24.2. The molecule has 0 unspecified atom stereocenters. The van der Waals surface area contributed by atoms with Gasteiger partial charge in [-0.25, -0.2) is 9.13 Å². The Morgan fingerprint density at radius 2 is 0.850 bits per heavy atom. The smallest absolute Gasteiger partial charge is 0.178 e. The molecule has 2 nitrogen and oxygen atoms in total. The zero-order valence-electron chi connectivity index (χ0n) is 24.6. The number of rotatable bonds is 14. The Morgan fingerprint density at radius 3 is 1.18 bits per heavy atom. The fourth-order valence-corrected chi connectivity index (χ4v) is 4.45. The second-order valence-electron chi connectivity index (χ2n) is 9.48. The lowest BCUT2D eigenvalue weighted by atomic mass is 10.2. The maximum atomic E-state index is 3.39. The zero-order valence-corrected chi connectivity index (χ0v) is 27.8. The molecule has 0 N–H and O–H groups in total. The molecule has 0 amide bonds. The van der Waals surface area contributed by atoms with Gasteiger partial charge < -0.3 is 0 Å². The fraction of sp³-hybridized carbons (Fsp3) is 0.500. The average Bonchev–Trinajstić information content (AvgIpc) is 2.97. The summed E-state index contributed by atoms with van der Waals surface area (Å²) >= 11 is 6.77. The number of aryl methyl sites for hydroxylation is 4. The summed E-state index contributed by atoms with van der Waals surface area (Å²) in [4.78, 5) is 0. The predicted molar refractivity (Wildman–Crippen MR) is 177 cm³/mol. The van der Waals surface area contributed by atoms with Crippen LogP contribution in [-0.4, -0.2) is 10.7 Å². The van der Waals surface area contributed by atoms with E-state index in [0.717, 1.165) is 75.1 Å². The number of nitrogens with zero attached hydrogens (tertiary/aromatic N) is 2. The van der Waals surface area contributed by atoms with E-state index in [1.54, 1.807) is 0 Å². The molecule has 0 aliphatic heterocycles. The van der Waals surface area contributed by atoms with Gasteiger partial charge in [-0.05, 0) is 62.2 Å². The van der Waals surface area contributed by atoms with Crippen LogP contribution >= 0.6 is 31.9 Å². The van der Waals surface area contributed by atoms with Crippen LogP contribution in [0.5, 0.6) is 0 Å². The maximum Gasteiger partial charge on any atom is 0.178 e. The number of hydrogen-bond donors (Lipinski definition) is 0. The highest BCUT2D eigenvalue weighted by molar-refractivity contribution is 9.09. The molecule has 2 aromatic heterocycles. The zero-order chi connectivity index (χ0) is 28.9. The molecule has 0 aliphatic rings. The first-order chi connectivity index (χ1) is 19.7. The standard InChI is InChI=1S/C24H30N2.C12H16Br2/c1-23-17-11-15-21-25(23)19-13-9-7-5-3-4-6-8-10-14-20-26-22-16-12-18-24(26)2;13-11-9-7-5-3-1-2-4-6-8-10-12-14/h11-12,15-18,21-22H,7-10,13-14,19-20H2,1-2H3;5-12H2/q+2;. The first kappa shape index (κ1) is 35.5. The van der Waals surface area contributed by atoms with E-state index in [-0.39, 0.29) is 0 Å². The highest BCUT2D eigenvalue weighted by Gasteiger charge is 2.03. The minimum atomic E-state index is 0.936. The third kappa shape index (κ3) is 20.4. The quantitative estimate of drug-likeness (QED) is 0.0835. The van der Waals surface area contributed by atoms with Gasteiger partial charge in [-0.15, -0.1) is 0 Å². The van der Waals surface area contributed by atoms with E-state index in [0.29, 0.717) is 0 Å². The SMILES string of the molecule is BrCCCCC#CC#CCCCCBr.Cc1cccc[n+]1CCCCC#CC#CCCCC[n+]1ccccc1C. The van der Waals surface area contributed by atoms with E-state index in [4.69, 9.17) is 0 Å². The van der Waals surface area contributed by atoms with E-state index < -0.39 is 0 Å². The van der Waals surface area contributed by atoms with Crippen LogP contribution in [0.1, 0.15) is 88.4 Å². The topological polar surface area (TPSA) is 7.76 Å². The van der Waals surface area contributed by atoms with Gasteiger partial charge in [-0.3, -0.25) is 0 Å². The molecule has 0 radical (unpaired) electrons. The molecule has 0 saturated heterocycles. The van der Waals surface area contributed by atoms with E-state index in [9.17, 15) is 0 Å². The normalized spacial score (nSPS) is 9.30. The molecular weight excluding hydrogens is 620 g/mol. The van der Waals surface area contributed by atoms with Crippen molar-refractivity contribution < 1.29 is 9.13 Å². The van der Waals surface area contributed by atoms with Crippen molar-refractivity contribution in [2.75, 3.05) is 10.7 Å². The first-order valence-corrected chi connectivity index (χ1v) is 16.9. The van der Waals surface area contributed by atoms with Gasteiger partial charge in [0.1, 0.15) is 13.1 Å². The number of alkyl halides is 2. The van der Waals surface area contributed by atoms with Crippen LogP contribution in [0, 0.1) is 61.2 Å². The molecule has 0 saturated carbocycles. The van der Waals surface area contributed by atoms with Gasteiger partial charge in [-0.2, -0.15) is 0 Å². The number of hydrogen-bond acceptors (Lipinski definition) is 0. The van der Waals surface area contributed by atoms with Crippen LogP contribution in [0.2, 0.25) is 0 Å². The van der Waals surface area contributed by atoms with E-state index >= 15 is 0 Å². The summed E-state index contributed by atoms with van der Waals surface area (Å²) in [7, 11) is 0. The molecule has 0 aromatic carbocycles. The second-order valence-corrected chi connectivity index (χ2v) is 11.1. The Bertz CT molecular complexity index is 1090. The van der Waals surface area contributed by atoms with Crippen molar-refractivity contribution in [3.63, 3.8) is 0 Å². The highest BCUT2D eigenvalue weighted by Crippen LogP contribution is 1.99. The molecule has 0 aliphatic carbocycles. The number of aromatic nitrogens is 2. The molecular formula is C36H46Br2N2+2. The molecule has 2 rings (SSSR count). The van der Waals surface area contributed by atoms with E-state index in [1.807, 2.05) is 0 Å². The lowest BCUT2D eigenvalue weighted by Crippen LogP contribution is -2.36. The summed E-state index contributed by atoms with van der Waals surface area (Å²) < 4.78 is 4.59. The van der Waals surface area contributed by atoms with Gasteiger partial charge in [0.25, 0.3) is 0 Å². The van der Waals surface area contributed by atoms with Crippen molar-refractivity contribution in [1.29, 1.82) is 0 Å². The lowest BCUT2D eigenvalue weighted by Gasteiger charge is -1.98. The predicted octanol–water partition coefficient (Wildman–Crippen LogP) is 8.05. The molecule has 0 fully saturated rings. The Kier molecular flexibility index (Phi) is 23.7. The monoisotopic (exact) mass is 664 g/mol. The molecule has 40 heavy (non-hydrogen) atoms. The van der Waals surface area contributed by atoms with Crippen LogP contribution in [0.15, 0.2) is 48.8 Å². The van der Waals surface area contributed by atoms with Gasteiger partial charge in [0.2, 0.25) is 0 Å². The van der Waals surface area contributed by atoms with E-state index in [2.05, 4.69) is 151 Å². The van der Waals surface area contributed by atoms with Gasteiger partial charge in [0, 0.05) is 87.3 Å².